The van der Waals surface area contributed by atoms with E-state index in [1.807, 2.05) is 0 Å². The lowest BCUT2D eigenvalue weighted by atomic mass is 10.0. The molecule has 1 atom stereocenters. The van der Waals surface area contributed by atoms with E-state index in [-0.39, 0.29) is 12.0 Å². The van der Waals surface area contributed by atoms with Crippen molar-refractivity contribution in [2.75, 3.05) is 7.11 Å². The summed E-state index contributed by atoms with van der Waals surface area (Å²) in [6, 6.07) is 0.641. The van der Waals surface area contributed by atoms with Gasteiger partial charge in [-0.05, 0) is 12.1 Å². The third-order valence-electron chi connectivity index (χ3n) is 2.10. The van der Waals surface area contributed by atoms with Crippen LogP contribution in [0.1, 0.15) is 5.56 Å². The average molecular weight is 231 g/mol. The van der Waals surface area contributed by atoms with Gasteiger partial charge in [0.2, 0.25) is 0 Å². The molecule has 1 rings (SSSR count). The van der Waals surface area contributed by atoms with Crippen LogP contribution in [0.4, 0.5) is 8.78 Å². The standard InChI is InChI=1S/C10H11F2NO3/c1-16-10(15)7(13)4-5-8(14)3-2-6(11)9(5)12/h2-3,7,14H,4,13H2,1H3. The van der Waals surface area contributed by atoms with Crippen molar-refractivity contribution in [2.45, 2.75) is 12.5 Å². The second-order valence-corrected chi connectivity index (χ2v) is 3.19. The van der Waals surface area contributed by atoms with E-state index in [0.29, 0.717) is 0 Å². The van der Waals surface area contributed by atoms with E-state index >= 15 is 0 Å². The lowest BCUT2D eigenvalue weighted by Gasteiger charge is -2.11. The van der Waals surface area contributed by atoms with Crippen LogP contribution in [0.3, 0.4) is 0 Å². The highest BCUT2D eigenvalue weighted by Crippen LogP contribution is 2.23. The number of hydrogen-bond donors (Lipinski definition) is 2. The summed E-state index contributed by atoms with van der Waals surface area (Å²) in [6.45, 7) is 0. The maximum absolute atomic E-state index is 13.2. The van der Waals surface area contributed by atoms with E-state index in [4.69, 9.17) is 5.73 Å². The van der Waals surface area contributed by atoms with E-state index < -0.39 is 29.4 Å². The first kappa shape index (κ1) is 12.4. The van der Waals surface area contributed by atoms with Crippen LogP contribution in [-0.2, 0) is 16.0 Å². The van der Waals surface area contributed by atoms with E-state index in [1.54, 1.807) is 0 Å². The zero-order valence-electron chi connectivity index (χ0n) is 8.54. The summed E-state index contributed by atoms with van der Waals surface area (Å²) in [5.41, 5.74) is 5.04. The van der Waals surface area contributed by atoms with Gasteiger partial charge in [-0.3, -0.25) is 4.79 Å². The molecule has 0 heterocycles. The van der Waals surface area contributed by atoms with Gasteiger partial charge in [0.05, 0.1) is 7.11 Å². The maximum atomic E-state index is 13.2. The van der Waals surface area contributed by atoms with Crippen molar-refractivity contribution in [2.24, 2.45) is 5.73 Å². The van der Waals surface area contributed by atoms with Gasteiger partial charge in [0.1, 0.15) is 11.8 Å². The topological polar surface area (TPSA) is 72.5 Å². The van der Waals surface area contributed by atoms with Crippen LogP contribution in [0.25, 0.3) is 0 Å². The summed E-state index contributed by atoms with van der Waals surface area (Å²) in [7, 11) is 1.13. The molecule has 1 aromatic rings. The minimum Gasteiger partial charge on any atom is -0.508 e. The number of carbonyl (C=O) groups excluding carboxylic acids is 1. The summed E-state index contributed by atoms with van der Waals surface area (Å²) < 4.78 is 30.4. The molecular weight excluding hydrogens is 220 g/mol. The normalized spacial score (nSPS) is 12.2. The number of rotatable bonds is 3. The Morgan fingerprint density at radius 1 is 1.56 bits per heavy atom. The highest BCUT2D eigenvalue weighted by atomic mass is 19.2. The average Bonchev–Trinajstić information content (AvgIpc) is 2.28. The van der Waals surface area contributed by atoms with Crippen molar-refractivity contribution in [1.82, 2.24) is 0 Å². The third-order valence-corrected chi connectivity index (χ3v) is 2.10. The second kappa shape index (κ2) is 4.89. The Morgan fingerprint density at radius 2 is 2.19 bits per heavy atom. The van der Waals surface area contributed by atoms with Gasteiger partial charge in [-0.2, -0.15) is 0 Å². The molecular formula is C10H11F2NO3. The molecule has 6 heteroatoms. The molecule has 3 N–H and O–H groups in total. The number of phenols is 1. The highest BCUT2D eigenvalue weighted by molar-refractivity contribution is 5.75. The third kappa shape index (κ3) is 2.46. The summed E-state index contributed by atoms with van der Waals surface area (Å²) >= 11 is 0. The molecule has 0 saturated carbocycles. The lowest BCUT2D eigenvalue weighted by molar-refractivity contribution is -0.142. The molecule has 0 bridgehead atoms. The van der Waals surface area contributed by atoms with Crippen LogP contribution >= 0.6 is 0 Å². The number of hydrogen-bond acceptors (Lipinski definition) is 4. The predicted molar refractivity (Wildman–Crippen MR) is 51.7 cm³/mol. The summed E-state index contributed by atoms with van der Waals surface area (Å²) in [5, 5.41) is 9.30. The molecule has 0 aliphatic rings. The van der Waals surface area contributed by atoms with Crippen molar-refractivity contribution >= 4 is 5.97 Å². The Kier molecular flexibility index (Phi) is 3.78. The van der Waals surface area contributed by atoms with Gasteiger partial charge >= 0.3 is 5.97 Å². The van der Waals surface area contributed by atoms with Crippen LogP contribution in [0.15, 0.2) is 12.1 Å². The fourth-order valence-electron chi connectivity index (χ4n) is 1.23. The molecule has 1 unspecified atom stereocenters. The van der Waals surface area contributed by atoms with E-state index in [9.17, 15) is 18.7 Å². The SMILES string of the molecule is COC(=O)C(N)Cc1c(O)ccc(F)c1F. The minimum absolute atomic E-state index is 0.331. The van der Waals surface area contributed by atoms with Gasteiger partial charge in [-0.25, -0.2) is 8.78 Å². The molecule has 0 saturated heterocycles. The Bertz CT molecular complexity index is 409. The molecule has 4 nitrogen and oxygen atoms in total. The number of benzene rings is 1. The van der Waals surface area contributed by atoms with Gasteiger partial charge in [0, 0.05) is 12.0 Å². The molecule has 16 heavy (non-hydrogen) atoms. The van der Waals surface area contributed by atoms with Gasteiger partial charge in [0.15, 0.2) is 11.6 Å². The zero-order valence-corrected chi connectivity index (χ0v) is 8.54. The number of carbonyl (C=O) groups is 1. The van der Waals surface area contributed by atoms with Crippen LogP contribution in [0.2, 0.25) is 0 Å². The maximum Gasteiger partial charge on any atom is 0.322 e. The summed E-state index contributed by atoms with van der Waals surface area (Å²) in [4.78, 5) is 11.0. The summed E-state index contributed by atoms with van der Waals surface area (Å²) in [5.74, 6) is -3.52. The first-order valence-electron chi connectivity index (χ1n) is 4.46. The number of nitrogens with two attached hydrogens (primary N) is 1. The van der Waals surface area contributed by atoms with Crippen LogP contribution in [-0.4, -0.2) is 24.2 Å². The first-order chi connectivity index (χ1) is 7.47. The molecule has 0 aliphatic carbocycles. The number of ether oxygens (including phenoxy) is 1. The molecule has 88 valence electrons. The molecule has 0 aromatic heterocycles. The molecule has 0 aliphatic heterocycles. The van der Waals surface area contributed by atoms with Gasteiger partial charge in [-0.1, -0.05) is 0 Å². The Labute approximate surface area is 90.6 Å². The smallest absolute Gasteiger partial charge is 0.322 e. The number of aromatic hydroxyl groups is 1. The number of phenolic OH excluding ortho intramolecular Hbond substituents is 1. The summed E-state index contributed by atoms with van der Waals surface area (Å²) in [6.07, 6.45) is -0.331. The number of methoxy groups -OCH3 is 1. The molecule has 1 aromatic carbocycles. The van der Waals surface area contributed by atoms with Crippen LogP contribution < -0.4 is 5.73 Å². The van der Waals surface area contributed by atoms with Crippen molar-refractivity contribution in [1.29, 1.82) is 0 Å². The second-order valence-electron chi connectivity index (χ2n) is 3.19. The Morgan fingerprint density at radius 3 is 2.75 bits per heavy atom. The van der Waals surface area contributed by atoms with E-state index in [2.05, 4.69) is 4.74 Å². The van der Waals surface area contributed by atoms with Crippen molar-refractivity contribution in [3.63, 3.8) is 0 Å². The van der Waals surface area contributed by atoms with Gasteiger partial charge < -0.3 is 15.6 Å². The molecule has 0 amide bonds. The zero-order chi connectivity index (χ0) is 12.3. The first-order valence-corrected chi connectivity index (χ1v) is 4.46. The largest absolute Gasteiger partial charge is 0.508 e. The highest BCUT2D eigenvalue weighted by Gasteiger charge is 2.20. The van der Waals surface area contributed by atoms with Gasteiger partial charge in [-0.15, -0.1) is 0 Å². The minimum atomic E-state index is -1.21. The fraction of sp³-hybridized carbons (Fsp3) is 0.300. The molecule has 0 fully saturated rings. The monoisotopic (exact) mass is 231 g/mol. The fourth-order valence-corrected chi connectivity index (χ4v) is 1.23. The van der Waals surface area contributed by atoms with Crippen LogP contribution in [0.5, 0.6) is 5.75 Å². The Balaban J connectivity index is 2.97. The number of halogens is 2. The predicted octanol–water partition coefficient (Wildman–Crippen LogP) is 0.713. The van der Waals surface area contributed by atoms with Crippen molar-refractivity contribution in [3.05, 3.63) is 29.3 Å². The number of esters is 1. The van der Waals surface area contributed by atoms with Crippen molar-refractivity contribution < 1.29 is 23.4 Å². The van der Waals surface area contributed by atoms with Crippen LogP contribution in [0, 0.1) is 11.6 Å². The Hall–Kier alpha value is -1.69. The van der Waals surface area contributed by atoms with Gasteiger partial charge in [0.25, 0.3) is 0 Å². The molecule has 0 radical (unpaired) electrons. The quantitative estimate of drug-likeness (QED) is 0.751. The lowest BCUT2D eigenvalue weighted by Crippen LogP contribution is -2.34. The van der Waals surface area contributed by atoms with Crippen molar-refractivity contribution in [3.8, 4) is 5.75 Å². The van der Waals surface area contributed by atoms with E-state index in [0.717, 1.165) is 19.2 Å². The molecule has 0 spiro atoms. The van der Waals surface area contributed by atoms with E-state index in [1.165, 1.54) is 0 Å².